The zero-order valence-electron chi connectivity index (χ0n) is 12.8. The summed E-state index contributed by atoms with van der Waals surface area (Å²) in [6.45, 7) is 0.951. The number of piperidine rings is 1. The van der Waals surface area contributed by atoms with Gasteiger partial charge in [0.1, 0.15) is 5.76 Å². The van der Waals surface area contributed by atoms with E-state index in [0.29, 0.717) is 11.8 Å². The largest absolute Gasteiger partial charge is 0.504 e. The average molecular weight is 297 g/mol. The Kier molecular flexibility index (Phi) is 2.22. The highest BCUT2D eigenvalue weighted by molar-refractivity contribution is 5.66. The van der Waals surface area contributed by atoms with Gasteiger partial charge in [-0.1, -0.05) is 12.1 Å². The minimum Gasteiger partial charge on any atom is -0.504 e. The molecule has 0 amide bonds. The molecule has 22 heavy (non-hydrogen) atoms. The van der Waals surface area contributed by atoms with Crippen LogP contribution in [0.4, 0.5) is 0 Å². The van der Waals surface area contributed by atoms with Gasteiger partial charge in [0.25, 0.3) is 0 Å². The van der Waals surface area contributed by atoms with E-state index in [1.54, 1.807) is 13.2 Å². The Bertz CT molecular complexity index is 751. The van der Waals surface area contributed by atoms with Crippen LogP contribution in [0.25, 0.3) is 0 Å². The molecule has 0 unspecified atom stereocenters. The van der Waals surface area contributed by atoms with Crippen LogP contribution in [0.3, 0.4) is 0 Å². The second-order valence-corrected chi connectivity index (χ2v) is 6.86. The molecule has 0 radical (unpaired) electrons. The predicted molar refractivity (Wildman–Crippen MR) is 82.1 cm³/mol. The standard InChI is InChI=1S/C18H19NO3/c1-19-9-11-4-6-14(21-2)17-18(11)8-12(19)7-10-3-5-13(20)16(22-17)15(10)18/h3-6,12,17,20H,7-9H2,1-2H3/t12-,17+,18+/m1/s1. The lowest BCUT2D eigenvalue weighted by Gasteiger charge is -2.52. The molecule has 2 bridgehead atoms. The van der Waals surface area contributed by atoms with Crippen LogP contribution in [-0.2, 0) is 16.6 Å². The molecule has 0 saturated carbocycles. The monoisotopic (exact) mass is 297 g/mol. The van der Waals surface area contributed by atoms with E-state index in [1.807, 2.05) is 6.08 Å². The van der Waals surface area contributed by atoms with Crippen molar-refractivity contribution in [1.82, 2.24) is 4.90 Å². The maximum atomic E-state index is 10.3. The summed E-state index contributed by atoms with van der Waals surface area (Å²) in [6.07, 6.45) is 6.13. The molecule has 2 aliphatic heterocycles. The molecule has 2 heterocycles. The van der Waals surface area contributed by atoms with E-state index in [0.717, 1.165) is 25.1 Å². The molecule has 114 valence electrons. The highest BCUT2D eigenvalue weighted by Crippen LogP contribution is 2.61. The van der Waals surface area contributed by atoms with Gasteiger partial charge in [-0.15, -0.1) is 0 Å². The average Bonchev–Trinajstić information content (AvgIpc) is 2.88. The van der Waals surface area contributed by atoms with Crippen molar-refractivity contribution in [3.63, 3.8) is 0 Å². The number of ether oxygens (including phenoxy) is 2. The number of likely N-dealkylation sites (N-methyl/N-ethyl adjacent to an activating group) is 1. The Morgan fingerprint density at radius 3 is 3.05 bits per heavy atom. The number of phenols is 1. The van der Waals surface area contributed by atoms with Crippen LogP contribution in [0.5, 0.6) is 11.5 Å². The smallest absolute Gasteiger partial charge is 0.169 e. The number of hydrogen-bond acceptors (Lipinski definition) is 4. The van der Waals surface area contributed by atoms with Gasteiger partial charge in [-0.25, -0.2) is 0 Å². The van der Waals surface area contributed by atoms with Crippen LogP contribution in [0.1, 0.15) is 17.5 Å². The van der Waals surface area contributed by atoms with Gasteiger partial charge in [0, 0.05) is 18.2 Å². The Labute approximate surface area is 129 Å². The number of aromatic hydroxyl groups is 1. The molecule has 1 saturated heterocycles. The van der Waals surface area contributed by atoms with Crippen LogP contribution in [0, 0.1) is 0 Å². The quantitative estimate of drug-likeness (QED) is 0.862. The van der Waals surface area contributed by atoms with E-state index < -0.39 is 0 Å². The molecule has 1 aromatic carbocycles. The van der Waals surface area contributed by atoms with E-state index in [9.17, 15) is 5.11 Å². The molecule has 4 aliphatic rings. The van der Waals surface area contributed by atoms with E-state index in [1.165, 1.54) is 16.7 Å². The summed E-state index contributed by atoms with van der Waals surface area (Å²) < 4.78 is 11.8. The summed E-state index contributed by atoms with van der Waals surface area (Å²) >= 11 is 0. The molecule has 4 nitrogen and oxygen atoms in total. The fourth-order valence-corrected chi connectivity index (χ4v) is 4.91. The Hall–Kier alpha value is -1.94. The first-order chi connectivity index (χ1) is 10.6. The molecule has 0 aromatic heterocycles. The van der Waals surface area contributed by atoms with Crippen molar-refractivity contribution in [2.45, 2.75) is 30.4 Å². The lowest BCUT2D eigenvalue weighted by molar-refractivity contribution is 0.0668. The van der Waals surface area contributed by atoms with Gasteiger partial charge in [-0.05, 0) is 43.2 Å². The van der Waals surface area contributed by atoms with Gasteiger partial charge in [0.15, 0.2) is 17.6 Å². The number of allylic oxidation sites excluding steroid dienone is 2. The van der Waals surface area contributed by atoms with E-state index in [4.69, 9.17) is 9.47 Å². The van der Waals surface area contributed by atoms with E-state index >= 15 is 0 Å². The zero-order valence-corrected chi connectivity index (χ0v) is 12.8. The first-order valence-corrected chi connectivity index (χ1v) is 7.82. The first kappa shape index (κ1) is 12.6. The topological polar surface area (TPSA) is 41.9 Å². The van der Waals surface area contributed by atoms with Crippen LogP contribution < -0.4 is 4.74 Å². The summed E-state index contributed by atoms with van der Waals surface area (Å²) in [6, 6.07) is 4.35. The zero-order chi connectivity index (χ0) is 15.1. The predicted octanol–water partition coefficient (Wildman–Crippen LogP) is 2.12. The molecule has 1 N–H and O–H groups in total. The first-order valence-electron chi connectivity index (χ1n) is 7.82. The third kappa shape index (κ3) is 1.24. The molecule has 1 aromatic rings. The second kappa shape index (κ2) is 3.87. The van der Waals surface area contributed by atoms with Gasteiger partial charge >= 0.3 is 0 Å². The summed E-state index contributed by atoms with van der Waals surface area (Å²) in [7, 11) is 3.90. The van der Waals surface area contributed by atoms with Gasteiger partial charge in [-0.3, -0.25) is 4.90 Å². The Balaban J connectivity index is 1.84. The van der Waals surface area contributed by atoms with Crippen LogP contribution >= 0.6 is 0 Å². The summed E-state index contributed by atoms with van der Waals surface area (Å²) in [5, 5.41) is 10.3. The third-order valence-corrected chi connectivity index (χ3v) is 5.92. The van der Waals surface area contributed by atoms with Gasteiger partial charge in [-0.2, -0.15) is 0 Å². The molecule has 1 spiro atoms. The summed E-state index contributed by atoms with van der Waals surface area (Å²) in [5.41, 5.74) is 3.73. The molecule has 1 fully saturated rings. The fourth-order valence-electron chi connectivity index (χ4n) is 4.91. The normalized spacial score (nSPS) is 34.5. The number of likely N-dealkylation sites (tertiary alicyclic amines) is 1. The molecule has 2 aliphatic carbocycles. The number of phenolic OH excluding ortho intramolecular Hbond substituents is 1. The van der Waals surface area contributed by atoms with Crippen molar-refractivity contribution in [2.24, 2.45) is 0 Å². The number of fused-ring (bicyclic) bond motifs is 1. The fraction of sp³-hybridized carbons (Fsp3) is 0.444. The van der Waals surface area contributed by atoms with Crippen molar-refractivity contribution in [3.8, 4) is 11.5 Å². The molecule has 4 heteroatoms. The SMILES string of the molecule is COC1=CC=C2CN(C)[C@@H]3Cc4ccc(O)c5c4[C@@]2(C3)[C@H]1O5. The maximum Gasteiger partial charge on any atom is 0.169 e. The molecular formula is C18H19NO3. The van der Waals surface area contributed by atoms with Crippen LogP contribution in [0.2, 0.25) is 0 Å². The minimum absolute atomic E-state index is 0.143. The van der Waals surface area contributed by atoms with Gasteiger partial charge < -0.3 is 14.6 Å². The van der Waals surface area contributed by atoms with Crippen molar-refractivity contribution >= 4 is 0 Å². The second-order valence-electron chi connectivity index (χ2n) is 6.86. The third-order valence-electron chi connectivity index (χ3n) is 5.92. The number of rotatable bonds is 1. The highest BCUT2D eigenvalue weighted by atomic mass is 16.5. The van der Waals surface area contributed by atoms with Gasteiger partial charge in [0.2, 0.25) is 0 Å². The Morgan fingerprint density at radius 1 is 1.36 bits per heavy atom. The van der Waals surface area contributed by atoms with E-state index in [2.05, 4.69) is 24.1 Å². The van der Waals surface area contributed by atoms with Crippen LogP contribution in [0.15, 0.2) is 35.6 Å². The Morgan fingerprint density at radius 2 is 2.23 bits per heavy atom. The lowest BCUT2D eigenvalue weighted by atomic mass is 9.58. The molecule has 5 rings (SSSR count). The van der Waals surface area contributed by atoms with E-state index in [-0.39, 0.29) is 17.3 Å². The minimum atomic E-state index is -0.154. The highest BCUT2D eigenvalue weighted by Gasteiger charge is 2.61. The van der Waals surface area contributed by atoms with Gasteiger partial charge in [0.05, 0.1) is 12.5 Å². The van der Waals surface area contributed by atoms with Crippen molar-refractivity contribution in [1.29, 1.82) is 0 Å². The van der Waals surface area contributed by atoms with Crippen molar-refractivity contribution in [3.05, 3.63) is 46.7 Å². The number of hydrogen-bond donors (Lipinski definition) is 1. The number of methoxy groups -OCH3 is 1. The van der Waals surface area contributed by atoms with Crippen LogP contribution in [-0.4, -0.2) is 42.9 Å². The van der Waals surface area contributed by atoms with Crippen molar-refractivity contribution < 1.29 is 14.6 Å². The maximum absolute atomic E-state index is 10.3. The molecular weight excluding hydrogens is 278 g/mol. The summed E-state index contributed by atoms with van der Waals surface area (Å²) in [4.78, 5) is 2.44. The lowest BCUT2D eigenvalue weighted by Crippen LogP contribution is -2.58. The molecule has 3 atom stereocenters. The number of nitrogens with zero attached hydrogens (tertiary/aromatic N) is 1. The number of benzene rings is 1. The summed E-state index contributed by atoms with van der Waals surface area (Å²) in [5.74, 6) is 1.77. The van der Waals surface area contributed by atoms with Crippen molar-refractivity contribution in [2.75, 3.05) is 20.7 Å².